The topological polar surface area (TPSA) is 92.7 Å². The van der Waals surface area contributed by atoms with E-state index in [4.69, 9.17) is 33.5 Å². The van der Waals surface area contributed by atoms with E-state index in [0.717, 1.165) is 76.8 Å². The Morgan fingerprint density at radius 1 is 1.05 bits per heavy atom. The van der Waals surface area contributed by atoms with E-state index in [1.807, 2.05) is 30.3 Å². The van der Waals surface area contributed by atoms with Gasteiger partial charge in [0.2, 0.25) is 0 Å². The van der Waals surface area contributed by atoms with Gasteiger partial charge in [-0.15, -0.1) is 0 Å². The number of para-hydroxylation sites is 1. The molecule has 1 saturated carbocycles. The second-order valence-electron chi connectivity index (χ2n) is 11.7. The van der Waals surface area contributed by atoms with Crippen molar-refractivity contribution in [3.05, 3.63) is 42.5 Å². The number of hydrogen-bond acceptors (Lipinski definition) is 7. The first-order valence-corrected chi connectivity index (χ1v) is 16.4. The molecular weight excluding hydrogens is 592 g/mol. The summed E-state index contributed by atoms with van der Waals surface area (Å²) in [4.78, 5) is 11.1. The van der Waals surface area contributed by atoms with Crippen LogP contribution < -0.4 is 4.74 Å². The molecule has 9 heteroatoms. The number of carboxylic acid groups (broad SMARTS) is 1. The number of benzene rings is 1. The number of alkyl halides is 1. The highest BCUT2D eigenvalue weighted by atomic mass is 79.9. The van der Waals surface area contributed by atoms with Crippen LogP contribution in [0, 0.1) is 11.8 Å². The maximum atomic E-state index is 11.0. The summed E-state index contributed by atoms with van der Waals surface area (Å²) in [6.07, 6.45) is 13.4. The van der Waals surface area contributed by atoms with Crippen molar-refractivity contribution in [2.75, 3.05) is 19.8 Å². The minimum Gasteiger partial charge on any atom is -0.491 e. The molecule has 1 N–H and O–H groups in total. The van der Waals surface area contributed by atoms with Crippen molar-refractivity contribution < 1.29 is 38.3 Å². The number of ether oxygens (including phenoxy) is 6. The van der Waals surface area contributed by atoms with Gasteiger partial charge in [-0.25, -0.2) is 0 Å². The Bertz CT molecular complexity index is 948. The summed E-state index contributed by atoms with van der Waals surface area (Å²) in [5.74, 6) is 0.528. The number of carbonyl (C=O) groups is 1. The third-order valence-corrected chi connectivity index (χ3v) is 9.68. The van der Waals surface area contributed by atoms with Crippen LogP contribution in [-0.2, 0) is 28.5 Å². The molecule has 0 radical (unpaired) electrons. The standard InChI is InChI=1S/C32H45BrO8/c33-26(11-8-12-30(34)35)29-19-25-24(27(20-28(25)40-29)41-32-14-5-7-18-37-32)16-15-23(39-31-13-4-6-17-36-31)21-38-22-9-2-1-3-10-22/h1-3,9-10,15-16,23-29,31-32H,4-8,11-14,17-21H2,(H,34,35)/b16-15+/t23-,24-,25-,26?,27-,28-,29?,31?,32?/m1/s1. The summed E-state index contributed by atoms with van der Waals surface area (Å²) in [7, 11) is 0. The van der Waals surface area contributed by atoms with Crippen molar-refractivity contribution in [1.82, 2.24) is 0 Å². The van der Waals surface area contributed by atoms with Crippen LogP contribution >= 0.6 is 15.9 Å². The fraction of sp³-hybridized carbons (Fsp3) is 0.719. The van der Waals surface area contributed by atoms with Crippen LogP contribution in [0.1, 0.15) is 70.6 Å². The van der Waals surface area contributed by atoms with Gasteiger partial charge >= 0.3 is 5.97 Å². The van der Waals surface area contributed by atoms with Gasteiger partial charge in [0.25, 0.3) is 0 Å². The largest absolute Gasteiger partial charge is 0.491 e. The molecule has 4 aliphatic rings. The maximum absolute atomic E-state index is 11.0. The van der Waals surface area contributed by atoms with Gasteiger partial charge < -0.3 is 33.5 Å². The van der Waals surface area contributed by atoms with Crippen molar-refractivity contribution in [3.63, 3.8) is 0 Å². The van der Waals surface area contributed by atoms with Gasteiger partial charge in [-0.1, -0.05) is 46.3 Å². The molecule has 228 valence electrons. The average Bonchev–Trinajstić information content (AvgIpc) is 3.54. The van der Waals surface area contributed by atoms with Crippen molar-refractivity contribution in [2.45, 2.75) is 112 Å². The molecule has 5 rings (SSSR count). The van der Waals surface area contributed by atoms with Gasteiger partial charge in [-0.2, -0.15) is 0 Å². The van der Waals surface area contributed by atoms with Crippen LogP contribution in [-0.4, -0.2) is 72.7 Å². The Balaban J connectivity index is 1.27. The minimum atomic E-state index is -0.754. The monoisotopic (exact) mass is 636 g/mol. The molecule has 1 aromatic carbocycles. The average molecular weight is 638 g/mol. The number of fused-ring (bicyclic) bond motifs is 1. The van der Waals surface area contributed by atoms with Crippen molar-refractivity contribution in [3.8, 4) is 5.75 Å². The molecule has 0 spiro atoms. The molecule has 3 aliphatic heterocycles. The number of rotatable bonds is 14. The van der Waals surface area contributed by atoms with Crippen molar-refractivity contribution >= 4 is 21.9 Å². The first-order valence-electron chi connectivity index (χ1n) is 15.5. The molecule has 1 aliphatic carbocycles. The van der Waals surface area contributed by atoms with Crippen molar-refractivity contribution in [1.29, 1.82) is 0 Å². The highest BCUT2D eigenvalue weighted by Gasteiger charge is 2.51. The number of carboxylic acids is 1. The van der Waals surface area contributed by atoms with Crippen LogP contribution in [0.4, 0.5) is 0 Å². The van der Waals surface area contributed by atoms with Gasteiger partial charge in [-0.3, -0.25) is 4.79 Å². The lowest BCUT2D eigenvalue weighted by Gasteiger charge is -2.30. The predicted octanol–water partition coefficient (Wildman–Crippen LogP) is 6.26. The van der Waals surface area contributed by atoms with Gasteiger partial charge in [-0.05, 0) is 75.8 Å². The van der Waals surface area contributed by atoms with Gasteiger partial charge in [0.05, 0.1) is 18.3 Å². The third-order valence-electron chi connectivity index (χ3n) is 8.63. The summed E-state index contributed by atoms with van der Waals surface area (Å²) in [6, 6.07) is 9.82. The second kappa shape index (κ2) is 15.8. The number of aliphatic carboxylic acids is 1. The van der Waals surface area contributed by atoms with Crippen LogP contribution in [0.3, 0.4) is 0 Å². The molecule has 3 saturated heterocycles. The third kappa shape index (κ3) is 9.25. The smallest absolute Gasteiger partial charge is 0.303 e. The summed E-state index contributed by atoms with van der Waals surface area (Å²) in [5, 5.41) is 9.03. The van der Waals surface area contributed by atoms with E-state index in [9.17, 15) is 4.79 Å². The zero-order valence-corrected chi connectivity index (χ0v) is 25.4. The van der Waals surface area contributed by atoms with Crippen LogP contribution in [0.5, 0.6) is 5.75 Å². The molecule has 1 aromatic rings. The van der Waals surface area contributed by atoms with E-state index >= 15 is 0 Å². The predicted molar refractivity (Wildman–Crippen MR) is 157 cm³/mol. The molecular formula is C32H45BrO8. The van der Waals surface area contributed by atoms with Gasteiger partial charge in [0.1, 0.15) is 18.5 Å². The normalized spacial score (nSPS) is 33.4. The lowest BCUT2D eigenvalue weighted by atomic mass is 9.89. The van der Waals surface area contributed by atoms with Crippen molar-refractivity contribution in [2.24, 2.45) is 11.8 Å². The highest BCUT2D eigenvalue weighted by molar-refractivity contribution is 9.09. The van der Waals surface area contributed by atoms with Crippen LogP contribution in [0.15, 0.2) is 42.5 Å². The first-order chi connectivity index (χ1) is 20.0. The summed E-state index contributed by atoms with van der Waals surface area (Å²) in [5.41, 5.74) is 0. The zero-order valence-electron chi connectivity index (χ0n) is 23.8. The van der Waals surface area contributed by atoms with E-state index < -0.39 is 5.97 Å². The van der Waals surface area contributed by atoms with Crippen LogP contribution in [0.2, 0.25) is 0 Å². The SMILES string of the molecule is O=C(O)CCCC(Br)C1C[C@@H]2[C@@H](/C=C/[C@H](COc3ccccc3)OC3CCCCO3)[C@H](OC3CCCCO3)C[C@H]2O1. The molecule has 0 aromatic heterocycles. The molecule has 0 amide bonds. The molecule has 9 atom stereocenters. The minimum absolute atomic E-state index is 0.00714. The molecule has 4 unspecified atom stereocenters. The molecule has 3 heterocycles. The van der Waals surface area contributed by atoms with E-state index in [2.05, 4.69) is 28.1 Å². The fourth-order valence-corrected chi connectivity index (χ4v) is 7.16. The lowest BCUT2D eigenvalue weighted by molar-refractivity contribution is -0.194. The molecule has 0 bridgehead atoms. The lowest BCUT2D eigenvalue weighted by Crippen LogP contribution is -2.33. The number of hydrogen-bond donors (Lipinski definition) is 1. The second-order valence-corrected chi connectivity index (χ2v) is 12.9. The first kappa shape index (κ1) is 31.0. The zero-order chi connectivity index (χ0) is 28.4. The maximum Gasteiger partial charge on any atom is 0.303 e. The Morgan fingerprint density at radius 2 is 1.80 bits per heavy atom. The summed E-state index contributed by atoms with van der Waals surface area (Å²) >= 11 is 3.80. The van der Waals surface area contributed by atoms with E-state index in [0.29, 0.717) is 18.9 Å². The Hall–Kier alpha value is -1.49. The molecule has 41 heavy (non-hydrogen) atoms. The summed E-state index contributed by atoms with van der Waals surface area (Å²) < 4.78 is 37.5. The van der Waals surface area contributed by atoms with Gasteiger partial charge in [0.15, 0.2) is 12.6 Å². The Kier molecular flexibility index (Phi) is 11.9. The van der Waals surface area contributed by atoms with E-state index in [-0.39, 0.29) is 54.2 Å². The van der Waals surface area contributed by atoms with Gasteiger partial charge in [0, 0.05) is 36.8 Å². The number of halogens is 1. The van der Waals surface area contributed by atoms with E-state index in [1.165, 1.54) is 0 Å². The Morgan fingerprint density at radius 3 is 2.51 bits per heavy atom. The summed E-state index contributed by atoms with van der Waals surface area (Å²) in [6.45, 7) is 1.87. The van der Waals surface area contributed by atoms with E-state index in [1.54, 1.807) is 0 Å². The fourth-order valence-electron chi connectivity index (χ4n) is 6.49. The quantitative estimate of drug-likeness (QED) is 0.189. The molecule has 4 fully saturated rings. The van der Waals surface area contributed by atoms with Crippen LogP contribution in [0.25, 0.3) is 0 Å². The Labute approximate surface area is 252 Å². The molecule has 8 nitrogen and oxygen atoms in total. The highest BCUT2D eigenvalue weighted by Crippen LogP contribution is 2.47.